The van der Waals surface area contributed by atoms with Crippen LogP contribution in [0.2, 0.25) is 0 Å². The van der Waals surface area contributed by atoms with Gasteiger partial charge in [-0.15, -0.1) is 0 Å². The van der Waals surface area contributed by atoms with Crippen molar-refractivity contribution in [1.82, 2.24) is 4.90 Å². The molecule has 4 heteroatoms. The third-order valence-corrected chi connectivity index (χ3v) is 5.30. The average molecular weight is 370 g/mol. The van der Waals surface area contributed by atoms with E-state index in [4.69, 9.17) is 0 Å². The van der Waals surface area contributed by atoms with Gasteiger partial charge in [-0.2, -0.15) is 0 Å². The minimum absolute atomic E-state index is 0.111. The number of benzene rings is 3. The van der Waals surface area contributed by atoms with Crippen LogP contribution in [0.5, 0.6) is 0 Å². The summed E-state index contributed by atoms with van der Waals surface area (Å²) in [6.45, 7) is 4.48. The second kappa shape index (κ2) is 7.31. The fraction of sp³-hybridized carbons (Fsp3) is 0.167. The number of rotatable bonds is 4. The third-order valence-electron chi connectivity index (χ3n) is 5.30. The summed E-state index contributed by atoms with van der Waals surface area (Å²) >= 11 is 0. The fourth-order valence-corrected chi connectivity index (χ4v) is 3.62. The van der Waals surface area contributed by atoms with Crippen molar-refractivity contribution in [3.05, 3.63) is 101 Å². The summed E-state index contributed by atoms with van der Waals surface area (Å²) in [6, 6.07) is 22.1. The standard InChI is InChI=1S/C24H22N2O2/c1-16-12-13-20(14-17(16)2)25-23(27)22(18-8-4-3-5-9-18)26-15-19-10-6-7-11-21(19)24(26)28/h3-14,22H,15H2,1-2H3,(H,25,27)/t22-/m1/s1. The van der Waals surface area contributed by atoms with E-state index in [0.29, 0.717) is 12.1 Å². The van der Waals surface area contributed by atoms with E-state index >= 15 is 0 Å². The fourth-order valence-electron chi connectivity index (χ4n) is 3.62. The molecule has 3 aromatic carbocycles. The van der Waals surface area contributed by atoms with Crippen LogP contribution in [0.15, 0.2) is 72.8 Å². The lowest BCUT2D eigenvalue weighted by molar-refractivity contribution is -0.120. The molecule has 0 aliphatic carbocycles. The molecule has 2 amide bonds. The van der Waals surface area contributed by atoms with E-state index in [1.165, 1.54) is 5.56 Å². The molecule has 1 aliphatic heterocycles. The summed E-state index contributed by atoms with van der Waals surface area (Å²) in [5.41, 5.74) is 5.43. The van der Waals surface area contributed by atoms with E-state index in [9.17, 15) is 9.59 Å². The topological polar surface area (TPSA) is 49.4 Å². The van der Waals surface area contributed by atoms with Crippen LogP contribution in [0.4, 0.5) is 5.69 Å². The lowest BCUT2D eigenvalue weighted by Gasteiger charge is -2.27. The number of hydrogen-bond acceptors (Lipinski definition) is 2. The lowest BCUT2D eigenvalue weighted by atomic mass is 10.0. The molecule has 1 heterocycles. The summed E-state index contributed by atoms with van der Waals surface area (Å²) in [4.78, 5) is 28.0. The maximum absolute atomic E-state index is 13.3. The summed E-state index contributed by atoms with van der Waals surface area (Å²) in [7, 11) is 0. The minimum atomic E-state index is -0.692. The molecule has 3 aromatic rings. The summed E-state index contributed by atoms with van der Waals surface area (Å²) in [5.74, 6) is -0.324. The van der Waals surface area contributed by atoms with E-state index in [1.807, 2.05) is 86.6 Å². The molecule has 0 radical (unpaired) electrons. The van der Waals surface area contributed by atoms with Crippen LogP contribution in [-0.4, -0.2) is 16.7 Å². The van der Waals surface area contributed by atoms with Gasteiger partial charge in [0.2, 0.25) is 0 Å². The molecule has 0 spiro atoms. The Hall–Kier alpha value is -3.40. The Bertz CT molecular complexity index is 1040. The van der Waals surface area contributed by atoms with Crippen molar-refractivity contribution in [1.29, 1.82) is 0 Å². The van der Waals surface area contributed by atoms with Gasteiger partial charge in [0.15, 0.2) is 0 Å². The van der Waals surface area contributed by atoms with E-state index in [1.54, 1.807) is 4.90 Å². The number of nitrogens with one attached hydrogen (secondary N) is 1. The lowest BCUT2D eigenvalue weighted by Crippen LogP contribution is -2.37. The number of nitrogens with zero attached hydrogens (tertiary/aromatic N) is 1. The first-order valence-electron chi connectivity index (χ1n) is 9.36. The molecule has 4 rings (SSSR count). The van der Waals surface area contributed by atoms with E-state index < -0.39 is 6.04 Å². The highest BCUT2D eigenvalue weighted by Crippen LogP contribution is 2.32. The summed E-state index contributed by atoms with van der Waals surface area (Å²) < 4.78 is 0. The van der Waals surface area contributed by atoms with E-state index in [2.05, 4.69) is 5.32 Å². The van der Waals surface area contributed by atoms with Crippen molar-refractivity contribution in [2.75, 3.05) is 5.32 Å². The Kier molecular flexibility index (Phi) is 4.70. The minimum Gasteiger partial charge on any atom is -0.324 e. The molecule has 0 saturated carbocycles. The number of fused-ring (bicyclic) bond motifs is 1. The predicted molar refractivity (Wildman–Crippen MR) is 110 cm³/mol. The maximum Gasteiger partial charge on any atom is 0.255 e. The van der Waals surface area contributed by atoms with Gasteiger partial charge >= 0.3 is 0 Å². The predicted octanol–water partition coefficient (Wildman–Crippen LogP) is 4.64. The van der Waals surface area contributed by atoms with Crippen LogP contribution >= 0.6 is 0 Å². The molecule has 1 N–H and O–H groups in total. The number of carbonyl (C=O) groups excluding carboxylic acids is 2. The van der Waals surface area contributed by atoms with Crippen molar-refractivity contribution >= 4 is 17.5 Å². The van der Waals surface area contributed by atoms with Gasteiger partial charge in [-0.25, -0.2) is 0 Å². The van der Waals surface area contributed by atoms with Crippen LogP contribution in [0.25, 0.3) is 0 Å². The number of aryl methyl sites for hydroxylation is 2. The molecule has 1 atom stereocenters. The third kappa shape index (κ3) is 3.29. The van der Waals surface area contributed by atoms with Crippen LogP contribution in [0.3, 0.4) is 0 Å². The first kappa shape index (κ1) is 18.0. The van der Waals surface area contributed by atoms with Gasteiger partial charge in [0.25, 0.3) is 11.8 Å². The van der Waals surface area contributed by atoms with Crippen molar-refractivity contribution in [3.8, 4) is 0 Å². The van der Waals surface area contributed by atoms with E-state index in [0.717, 1.165) is 22.4 Å². The van der Waals surface area contributed by atoms with Crippen LogP contribution in [0, 0.1) is 13.8 Å². The average Bonchev–Trinajstić information content (AvgIpc) is 3.02. The zero-order valence-electron chi connectivity index (χ0n) is 16.0. The first-order valence-corrected chi connectivity index (χ1v) is 9.36. The molecule has 28 heavy (non-hydrogen) atoms. The first-order chi connectivity index (χ1) is 13.5. The van der Waals surface area contributed by atoms with Gasteiger partial charge in [-0.3, -0.25) is 9.59 Å². The summed E-state index contributed by atoms with van der Waals surface area (Å²) in [6.07, 6.45) is 0. The highest BCUT2D eigenvalue weighted by Gasteiger charge is 2.37. The maximum atomic E-state index is 13.3. The molecule has 0 aromatic heterocycles. The normalized spacial score (nSPS) is 13.9. The van der Waals surface area contributed by atoms with Gasteiger partial charge in [0.1, 0.15) is 6.04 Å². The zero-order valence-corrected chi connectivity index (χ0v) is 16.0. The van der Waals surface area contributed by atoms with Gasteiger partial charge in [0, 0.05) is 17.8 Å². The quantitative estimate of drug-likeness (QED) is 0.727. The number of carbonyl (C=O) groups is 2. The number of anilines is 1. The van der Waals surface area contributed by atoms with Crippen molar-refractivity contribution < 1.29 is 9.59 Å². The molecule has 140 valence electrons. The Morgan fingerprint density at radius 1 is 0.929 bits per heavy atom. The SMILES string of the molecule is Cc1ccc(NC(=O)[C@@H](c2ccccc2)N2Cc3ccccc3C2=O)cc1C. The number of hydrogen-bond donors (Lipinski definition) is 1. The Labute approximate surface area is 164 Å². The molecule has 4 nitrogen and oxygen atoms in total. The Balaban J connectivity index is 1.68. The van der Waals surface area contributed by atoms with E-state index in [-0.39, 0.29) is 11.8 Å². The summed E-state index contributed by atoms with van der Waals surface area (Å²) in [5, 5.41) is 3.00. The van der Waals surface area contributed by atoms with Crippen molar-refractivity contribution in [2.24, 2.45) is 0 Å². The highest BCUT2D eigenvalue weighted by molar-refractivity contribution is 6.04. The number of amides is 2. The highest BCUT2D eigenvalue weighted by atomic mass is 16.2. The Morgan fingerprint density at radius 2 is 1.64 bits per heavy atom. The van der Waals surface area contributed by atoms with Crippen LogP contribution in [0.1, 0.15) is 38.7 Å². The van der Waals surface area contributed by atoms with Gasteiger partial charge in [-0.1, -0.05) is 54.6 Å². The molecule has 0 bridgehead atoms. The van der Waals surface area contributed by atoms with Crippen molar-refractivity contribution in [3.63, 3.8) is 0 Å². The van der Waals surface area contributed by atoms with Gasteiger partial charge < -0.3 is 10.2 Å². The molecule has 1 aliphatic rings. The van der Waals surface area contributed by atoms with Crippen LogP contribution < -0.4 is 5.32 Å². The molecule has 0 unspecified atom stereocenters. The van der Waals surface area contributed by atoms with Gasteiger partial charge in [0.05, 0.1) is 0 Å². The molecule has 0 fully saturated rings. The molecular weight excluding hydrogens is 348 g/mol. The zero-order chi connectivity index (χ0) is 19.7. The molecule has 0 saturated heterocycles. The molecular formula is C24H22N2O2. The second-order valence-electron chi connectivity index (χ2n) is 7.19. The smallest absolute Gasteiger partial charge is 0.255 e. The monoisotopic (exact) mass is 370 g/mol. The Morgan fingerprint density at radius 3 is 2.36 bits per heavy atom. The largest absolute Gasteiger partial charge is 0.324 e. The van der Waals surface area contributed by atoms with Crippen LogP contribution in [-0.2, 0) is 11.3 Å². The van der Waals surface area contributed by atoms with Crippen molar-refractivity contribution in [2.45, 2.75) is 26.4 Å². The van der Waals surface area contributed by atoms with Gasteiger partial charge in [-0.05, 0) is 54.3 Å². The second-order valence-corrected chi connectivity index (χ2v) is 7.19.